The highest BCUT2D eigenvalue weighted by atomic mass is 19.4. The molecule has 4 N–H and O–H groups in total. The van der Waals surface area contributed by atoms with E-state index < -0.39 is 242 Å². The van der Waals surface area contributed by atoms with Crippen molar-refractivity contribution >= 4 is 41.8 Å². The number of methoxy groups -OCH3 is 2. The summed E-state index contributed by atoms with van der Waals surface area (Å²) in [6.07, 6.45) is -30.6. The third kappa shape index (κ3) is 27.8. The fraction of sp³-hybridized carbons (Fsp3) is 0.842. The van der Waals surface area contributed by atoms with Gasteiger partial charge in [0.1, 0.15) is 24.4 Å². The summed E-state index contributed by atoms with van der Waals surface area (Å²) in [7, 11) is 1.54. The topological polar surface area (TPSA) is 265 Å². The molecule has 0 aromatic rings. The molecule has 54 heteroatoms. The number of carbonyl (C=O) groups excluding carboxylic acids is 7. The summed E-state index contributed by atoms with van der Waals surface area (Å²) in [5.74, 6) is -108. The van der Waals surface area contributed by atoms with Gasteiger partial charge in [0.2, 0.25) is 0 Å². The molecular formula is C57H72F36O18. The summed E-state index contributed by atoms with van der Waals surface area (Å²) < 4.78 is 490. The first-order chi connectivity index (χ1) is 48.7. The first-order valence-corrected chi connectivity index (χ1v) is 29.7. The van der Waals surface area contributed by atoms with Gasteiger partial charge < -0.3 is 53.6 Å². The minimum Gasteiger partial charge on any atom is -0.465 e. The van der Waals surface area contributed by atoms with Crippen molar-refractivity contribution in [1.29, 1.82) is 0 Å². The molecule has 18 nitrogen and oxygen atoms in total. The predicted molar refractivity (Wildman–Crippen MR) is 297 cm³/mol. The third-order valence-electron chi connectivity index (χ3n) is 13.4. The van der Waals surface area contributed by atoms with E-state index in [1.54, 1.807) is 0 Å². The van der Waals surface area contributed by atoms with Gasteiger partial charge in [0.05, 0.1) is 14.2 Å². The Morgan fingerprint density at radius 1 is 0.297 bits per heavy atom. The van der Waals surface area contributed by atoms with Crippen LogP contribution in [0.4, 0.5) is 158 Å². The zero-order valence-corrected chi connectivity index (χ0v) is 59.1. The van der Waals surface area contributed by atoms with Crippen LogP contribution in [-0.2, 0) is 66.7 Å². The molecule has 0 aromatic heterocycles. The molecule has 0 aliphatic carbocycles. The van der Waals surface area contributed by atoms with Crippen LogP contribution in [-0.4, -0.2) is 241 Å². The molecular weight excluding hydrogens is 1660 g/mol. The van der Waals surface area contributed by atoms with E-state index in [1.165, 1.54) is 27.7 Å². The normalized spacial score (nSPS) is 15.4. The molecule has 0 aliphatic heterocycles. The first kappa shape index (κ1) is 113. The quantitative estimate of drug-likeness (QED) is 0.0197. The van der Waals surface area contributed by atoms with Crippen LogP contribution in [0.25, 0.3) is 0 Å². The van der Waals surface area contributed by atoms with Crippen LogP contribution in [0.5, 0.6) is 0 Å². The fourth-order valence-electron chi connectivity index (χ4n) is 6.50. The highest BCUT2D eigenvalue weighted by Gasteiger charge is 2.78. The lowest BCUT2D eigenvalue weighted by Crippen LogP contribution is -2.59. The Bertz CT molecular complexity index is 2900. The monoisotopic (exact) mass is 1730 g/mol. The number of aliphatic hydroxyl groups is 4. The van der Waals surface area contributed by atoms with Gasteiger partial charge in [-0.1, -0.05) is 89.7 Å². The van der Waals surface area contributed by atoms with Crippen LogP contribution in [0.1, 0.15) is 90.0 Å². The second-order valence-corrected chi connectivity index (χ2v) is 24.7. The number of alkyl halides is 36. The Balaban J connectivity index is -0.000000430. The van der Waals surface area contributed by atoms with E-state index in [9.17, 15) is 197 Å². The van der Waals surface area contributed by atoms with Gasteiger partial charge in [-0.2, -0.15) is 132 Å². The van der Waals surface area contributed by atoms with E-state index in [2.05, 4.69) is 39.7 Å². The molecule has 0 aliphatic rings. The molecule has 660 valence electrons. The summed E-state index contributed by atoms with van der Waals surface area (Å²) in [6, 6.07) is 0. The van der Waals surface area contributed by atoms with Crippen LogP contribution < -0.4 is 0 Å². The molecule has 0 bridgehead atoms. The maximum absolute atomic E-state index is 14.1. The second-order valence-electron chi connectivity index (χ2n) is 24.7. The van der Waals surface area contributed by atoms with E-state index in [4.69, 9.17) is 15.3 Å². The molecule has 0 radical (unpaired) electrons. The average Bonchev–Trinajstić information content (AvgIpc) is 0.767. The zero-order valence-electron chi connectivity index (χ0n) is 59.1. The first-order valence-electron chi connectivity index (χ1n) is 29.7. The van der Waals surface area contributed by atoms with Crippen LogP contribution in [0.15, 0.2) is 12.2 Å². The van der Waals surface area contributed by atoms with E-state index in [-0.39, 0.29) is 5.57 Å². The molecule has 0 spiro atoms. The Kier molecular flexibility index (Phi) is 41.8. The molecule has 0 rings (SSSR count). The zero-order chi connectivity index (χ0) is 90.9. The second kappa shape index (κ2) is 41.1. The summed E-state index contributed by atoms with van der Waals surface area (Å²) >= 11 is 0. The molecule has 6 atom stereocenters. The molecule has 0 amide bonds. The molecule has 6 unspecified atom stereocenters. The van der Waals surface area contributed by atoms with Gasteiger partial charge in [0, 0.05) is 5.57 Å². The van der Waals surface area contributed by atoms with E-state index in [0.717, 1.165) is 69.4 Å². The van der Waals surface area contributed by atoms with E-state index >= 15 is 0 Å². The lowest BCUT2D eigenvalue weighted by atomic mass is 9.99. The molecule has 0 aromatic carbocycles. The number of aliphatic hydroxyl groups excluding tert-OH is 4. The minimum absolute atomic E-state index is 0.389. The fourth-order valence-corrected chi connectivity index (χ4v) is 6.50. The van der Waals surface area contributed by atoms with Gasteiger partial charge in [-0.15, -0.1) is 0 Å². The Morgan fingerprint density at radius 3 is 0.667 bits per heavy atom. The molecule has 0 saturated heterocycles. The van der Waals surface area contributed by atoms with Crippen molar-refractivity contribution in [3.05, 3.63) is 12.2 Å². The van der Waals surface area contributed by atoms with Gasteiger partial charge in [-0.25, -0.2) is 59.9 Å². The van der Waals surface area contributed by atoms with E-state index in [0.29, 0.717) is 7.11 Å². The molecule has 0 saturated carbocycles. The van der Waals surface area contributed by atoms with Crippen LogP contribution in [0.2, 0.25) is 0 Å². The number of hydrogen-bond donors (Lipinski definition) is 4. The van der Waals surface area contributed by atoms with Crippen molar-refractivity contribution < 1.29 is 245 Å². The van der Waals surface area contributed by atoms with Crippen molar-refractivity contribution in [2.24, 2.45) is 35.5 Å². The minimum atomic E-state index is -6.74. The predicted octanol–water partition coefficient (Wildman–Crippen LogP) is 14.0. The molecule has 111 heavy (non-hydrogen) atoms. The lowest BCUT2D eigenvalue weighted by molar-refractivity contribution is -0.345. The van der Waals surface area contributed by atoms with Gasteiger partial charge >= 0.3 is 150 Å². The smallest absolute Gasteiger partial charge is 0.381 e. The maximum atomic E-state index is 14.1. The van der Waals surface area contributed by atoms with E-state index in [1.807, 2.05) is 0 Å². The standard InChI is InChI=1S/C15H16F10O4.C13H20F4O5.2C11H12F10O3.C7H12F2O3/c1-6(2)8(29-9(26)7(3)4)13(20,21)11(27)28-5-12(18,19)15(24,25)14(22,23)10(16)17;1-6(2)8(18)12(14,15)11(20)22-9(7(3)4)13(16,17)10(19)21-5;2*1-4(2)5(22)9(16,17)7(23)24-3-8(14,15)11(20,21)10(18,19)6(12)13;1-4(2)5(10)7(8,9)6(11)12-3/h6,8,10H,3,5H2,1-2,4H3;6-9,18H,1-5H3;2*4-6,22H,3H2,1-2H3;4-5,10H,1-3H3. The van der Waals surface area contributed by atoms with Crippen LogP contribution in [0, 0.1) is 35.5 Å². The highest BCUT2D eigenvalue weighted by Crippen LogP contribution is 2.52. The molecule has 0 fully saturated rings. The van der Waals surface area contributed by atoms with Crippen molar-refractivity contribution in [2.75, 3.05) is 34.0 Å². The number of halogens is 36. The maximum Gasteiger partial charge on any atom is 0.381 e. The number of carbonyl (C=O) groups is 7. The largest absolute Gasteiger partial charge is 0.465 e. The lowest BCUT2D eigenvalue weighted by Gasteiger charge is -2.32. The number of ether oxygens (including phenoxy) is 7. The Hall–Kier alpha value is -6.65. The summed E-state index contributed by atoms with van der Waals surface area (Å²) in [4.78, 5) is 77.6. The number of esters is 7. The van der Waals surface area contributed by atoms with Gasteiger partial charge in [-0.05, 0) is 42.4 Å². The van der Waals surface area contributed by atoms with Crippen LogP contribution >= 0.6 is 0 Å². The van der Waals surface area contributed by atoms with Gasteiger partial charge in [-0.3, -0.25) is 0 Å². The van der Waals surface area contributed by atoms with Crippen molar-refractivity contribution in [1.82, 2.24) is 0 Å². The van der Waals surface area contributed by atoms with Crippen LogP contribution in [0.3, 0.4) is 0 Å². The Morgan fingerprint density at radius 2 is 0.477 bits per heavy atom. The van der Waals surface area contributed by atoms with Crippen molar-refractivity contribution in [3.63, 3.8) is 0 Å². The van der Waals surface area contributed by atoms with Gasteiger partial charge in [0.15, 0.2) is 32.0 Å². The Labute approximate surface area is 603 Å². The average molecular weight is 1730 g/mol. The highest BCUT2D eigenvalue weighted by molar-refractivity contribution is 5.88. The molecule has 0 heterocycles. The SMILES string of the molecule is C=C(C)C(=O)OC(C(C)C)C(F)(F)C(=O)OCC(F)(F)C(F)(F)C(F)(F)C(F)F.CC(C)C(O)C(F)(F)C(=O)OCC(F)(F)C(F)(F)C(F)(F)C(F)F.CC(C)C(O)C(F)(F)C(=O)OCC(F)(F)C(F)(F)C(F)(F)C(F)F.COC(=O)C(F)(F)C(O)C(C)C.COC(=O)C(F)(F)C(OC(=O)C(F)(F)C(O)C(C)C)C(C)C. The summed E-state index contributed by atoms with van der Waals surface area (Å²) in [5.41, 5.74) is -0.389. The third-order valence-corrected chi connectivity index (χ3v) is 13.4. The van der Waals surface area contributed by atoms with Gasteiger partial charge in [0.25, 0.3) is 0 Å². The van der Waals surface area contributed by atoms with Crippen molar-refractivity contribution in [3.8, 4) is 0 Å². The number of rotatable bonds is 36. The van der Waals surface area contributed by atoms with Crippen molar-refractivity contribution in [2.45, 2.75) is 235 Å². The number of hydrogen-bond acceptors (Lipinski definition) is 18. The summed E-state index contributed by atoms with van der Waals surface area (Å²) in [5, 5.41) is 36.2. The summed E-state index contributed by atoms with van der Waals surface area (Å²) in [6.45, 7) is 8.47.